The van der Waals surface area contributed by atoms with Crippen LogP contribution < -0.4 is 5.32 Å². The Balaban J connectivity index is 1.94. The highest BCUT2D eigenvalue weighted by Gasteiger charge is 2.21. The van der Waals surface area contributed by atoms with Crippen molar-refractivity contribution in [3.8, 4) is 0 Å². The molecule has 3 aromatic rings. The van der Waals surface area contributed by atoms with Crippen molar-refractivity contribution < 1.29 is 13.2 Å². The molecule has 148 valence electrons. The Kier molecular flexibility index (Phi) is 5.05. The summed E-state index contributed by atoms with van der Waals surface area (Å²) in [6.45, 7) is 0.855. The van der Waals surface area contributed by atoms with Crippen molar-refractivity contribution in [1.29, 1.82) is 0 Å². The number of hydrogen-bond donors (Lipinski definition) is 1. The summed E-state index contributed by atoms with van der Waals surface area (Å²) >= 11 is 0. The number of nitrogens with zero attached hydrogens (tertiary/aromatic N) is 2. The van der Waals surface area contributed by atoms with Crippen molar-refractivity contribution >= 4 is 47.4 Å². The highest BCUT2D eigenvalue weighted by molar-refractivity contribution is 8.13. The predicted molar refractivity (Wildman–Crippen MR) is 110 cm³/mol. The zero-order chi connectivity index (χ0) is 19.9. The van der Waals surface area contributed by atoms with Gasteiger partial charge in [0.05, 0.1) is 16.6 Å². The van der Waals surface area contributed by atoms with E-state index in [1.54, 1.807) is 31.4 Å². The largest absolute Gasteiger partial charge is 0.354 e. The molecule has 28 heavy (non-hydrogen) atoms. The van der Waals surface area contributed by atoms with Crippen LogP contribution in [0.5, 0.6) is 0 Å². The molecule has 4 rings (SSSR count). The number of carbonyl (C=O) groups excluding carboxylic acids is 1. The fraction of sp³-hybridized carbons (Fsp3) is 0.400. The number of rotatable bonds is 4. The lowest BCUT2D eigenvalue weighted by Crippen LogP contribution is -2.19. The first-order chi connectivity index (χ1) is 13.4. The maximum atomic E-state index is 12.0. The van der Waals surface area contributed by atoms with E-state index in [4.69, 9.17) is 10.7 Å². The van der Waals surface area contributed by atoms with Crippen LogP contribution in [0.15, 0.2) is 35.4 Å². The first-order valence-electron chi connectivity index (χ1n) is 9.47. The second-order valence-electron chi connectivity index (χ2n) is 7.40. The third-order valence-electron chi connectivity index (χ3n) is 5.63. The maximum absolute atomic E-state index is 12.0. The summed E-state index contributed by atoms with van der Waals surface area (Å²) in [4.78, 5) is 16.4. The van der Waals surface area contributed by atoms with Gasteiger partial charge in [-0.3, -0.25) is 4.79 Å². The van der Waals surface area contributed by atoms with Crippen molar-refractivity contribution in [3.05, 3.63) is 36.2 Å². The summed E-state index contributed by atoms with van der Waals surface area (Å²) < 4.78 is 25.9. The highest BCUT2D eigenvalue weighted by Crippen LogP contribution is 2.34. The number of amides is 1. The standard InChI is InChI=1S/C20H22ClN3O3S/c1-22-20(25)17-10-16-15-9-14(28(21,26)27)7-8-18(15)24(19(16)11-23-17)12-13-5-3-2-4-6-13/h7-11,13H,2-6,12H2,1H3,(H,22,25). The number of aromatic nitrogens is 2. The Morgan fingerprint density at radius 2 is 1.89 bits per heavy atom. The first kappa shape index (κ1) is 19.2. The van der Waals surface area contributed by atoms with Crippen LogP contribution in [-0.2, 0) is 15.6 Å². The van der Waals surface area contributed by atoms with E-state index < -0.39 is 9.05 Å². The van der Waals surface area contributed by atoms with Crippen LogP contribution in [0, 0.1) is 5.92 Å². The topological polar surface area (TPSA) is 81.1 Å². The van der Waals surface area contributed by atoms with Crippen molar-refractivity contribution in [2.45, 2.75) is 43.5 Å². The smallest absolute Gasteiger partial charge is 0.269 e. The maximum Gasteiger partial charge on any atom is 0.269 e. The van der Waals surface area contributed by atoms with Gasteiger partial charge in [0.15, 0.2) is 0 Å². The van der Waals surface area contributed by atoms with Gasteiger partial charge in [0.2, 0.25) is 0 Å². The molecule has 1 fully saturated rings. The Bertz CT molecular complexity index is 1160. The average molecular weight is 420 g/mol. The molecule has 2 aromatic heterocycles. The van der Waals surface area contributed by atoms with Gasteiger partial charge < -0.3 is 9.88 Å². The van der Waals surface area contributed by atoms with Crippen LogP contribution in [-0.4, -0.2) is 30.9 Å². The van der Waals surface area contributed by atoms with Gasteiger partial charge in [0.1, 0.15) is 5.69 Å². The molecule has 0 bridgehead atoms. The van der Waals surface area contributed by atoms with E-state index >= 15 is 0 Å². The van der Waals surface area contributed by atoms with Gasteiger partial charge in [-0.2, -0.15) is 0 Å². The van der Waals surface area contributed by atoms with E-state index in [0.29, 0.717) is 11.6 Å². The molecule has 0 saturated heterocycles. The summed E-state index contributed by atoms with van der Waals surface area (Å²) in [5.74, 6) is 0.304. The van der Waals surface area contributed by atoms with Gasteiger partial charge in [0, 0.05) is 40.6 Å². The van der Waals surface area contributed by atoms with Gasteiger partial charge in [0.25, 0.3) is 15.0 Å². The minimum absolute atomic E-state index is 0.0525. The quantitative estimate of drug-likeness (QED) is 0.646. The van der Waals surface area contributed by atoms with Crippen molar-refractivity contribution in [2.24, 2.45) is 5.92 Å². The minimum atomic E-state index is -3.84. The van der Waals surface area contributed by atoms with Crippen LogP contribution in [0.1, 0.15) is 42.6 Å². The van der Waals surface area contributed by atoms with Crippen LogP contribution >= 0.6 is 10.7 Å². The van der Waals surface area contributed by atoms with Gasteiger partial charge in [-0.1, -0.05) is 19.3 Å². The third kappa shape index (κ3) is 3.49. The fourth-order valence-electron chi connectivity index (χ4n) is 4.20. The summed E-state index contributed by atoms with van der Waals surface area (Å²) in [7, 11) is 3.28. The summed E-state index contributed by atoms with van der Waals surface area (Å²) in [5.41, 5.74) is 2.13. The van der Waals surface area contributed by atoms with E-state index in [2.05, 4.69) is 14.9 Å². The minimum Gasteiger partial charge on any atom is -0.354 e. The van der Waals surface area contributed by atoms with Crippen molar-refractivity contribution in [3.63, 3.8) is 0 Å². The molecule has 1 aliphatic carbocycles. The number of benzene rings is 1. The Morgan fingerprint density at radius 1 is 1.18 bits per heavy atom. The molecule has 1 aliphatic rings. The van der Waals surface area contributed by atoms with Gasteiger partial charge >= 0.3 is 0 Å². The van der Waals surface area contributed by atoms with Crippen LogP contribution in [0.2, 0.25) is 0 Å². The number of pyridine rings is 1. The molecule has 8 heteroatoms. The lowest BCUT2D eigenvalue weighted by molar-refractivity contribution is 0.0958. The molecule has 0 unspecified atom stereocenters. The van der Waals surface area contributed by atoms with E-state index in [0.717, 1.165) is 28.4 Å². The Labute approximate surface area is 168 Å². The first-order valence-corrected chi connectivity index (χ1v) is 11.8. The second-order valence-corrected chi connectivity index (χ2v) is 9.96. The number of nitrogens with one attached hydrogen (secondary N) is 1. The normalized spacial score (nSPS) is 15.9. The molecular formula is C20H22ClN3O3S. The highest BCUT2D eigenvalue weighted by atomic mass is 35.7. The number of halogens is 1. The zero-order valence-corrected chi connectivity index (χ0v) is 17.2. The Morgan fingerprint density at radius 3 is 2.57 bits per heavy atom. The molecule has 0 spiro atoms. The molecule has 1 aromatic carbocycles. The lowest BCUT2D eigenvalue weighted by atomic mass is 9.89. The van der Waals surface area contributed by atoms with Crippen molar-refractivity contribution in [2.75, 3.05) is 7.05 Å². The molecule has 0 atom stereocenters. The predicted octanol–water partition coefficient (Wildman–Crippen LogP) is 4.06. The number of fused-ring (bicyclic) bond motifs is 3. The van der Waals surface area contributed by atoms with Crippen LogP contribution in [0.3, 0.4) is 0 Å². The average Bonchev–Trinajstić information content (AvgIpc) is 3.00. The molecule has 6 nitrogen and oxygen atoms in total. The monoisotopic (exact) mass is 419 g/mol. The molecule has 0 radical (unpaired) electrons. The van der Waals surface area contributed by atoms with E-state index in [-0.39, 0.29) is 10.8 Å². The summed E-state index contributed by atoms with van der Waals surface area (Å²) in [6, 6.07) is 6.64. The number of carbonyl (C=O) groups is 1. The van der Waals surface area contributed by atoms with Gasteiger partial charge in [-0.05, 0) is 43.0 Å². The Hall–Kier alpha value is -2.12. The van der Waals surface area contributed by atoms with E-state index in [1.807, 2.05) is 0 Å². The van der Waals surface area contributed by atoms with E-state index in [1.165, 1.54) is 38.2 Å². The van der Waals surface area contributed by atoms with E-state index in [9.17, 15) is 13.2 Å². The second kappa shape index (κ2) is 7.37. The van der Waals surface area contributed by atoms with Crippen LogP contribution in [0.4, 0.5) is 0 Å². The van der Waals surface area contributed by atoms with Crippen LogP contribution in [0.25, 0.3) is 21.8 Å². The molecule has 0 aliphatic heterocycles. The van der Waals surface area contributed by atoms with Crippen molar-refractivity contribution in [1.82, 2.24) is 14.9 Å². The summed E-state index contributed by atoms with van der Waals surface area (Å²) in [5, 5.41) is 4.15. The summed E-state index contributed by atoms with van der Waals surface area (Å²) in [6.07, 6.45) is 7.87. The fourth-order valence-corrected chi connectivity index (χ4v) is 4.98. The molecular weight excluding hydrogens is 398 g/mol. The zero-order valence-electron chi connectivity index (χ0n) is 15.6. The third-order valence-corrected chi connectivity index (χ3v) is 6.98. The molecule has 1 saturated carbocycles. The molecule has 2 heterocycles. The number of hydrogen-bond acceptors (Lipinski definition) is 4. The molecule has 1 N–H and O–H groups in total. The van der Waals surface area contributed by atoms with Gasteiger partial charge in [-0.25, -0.2) is 13.4 Å². The van der Waals surface area contributed by atoms with Gasteiger partial charge in [-0.15, -0.1) is 0 Å². The lowest BCUT2D eigenvalue weighted by Gasteiger charge is -2.23. The SMILES string of the molecule is CNC(=O)c1cc2c3cc(S(=O)(=O)Cl)ccc3n(CC3CCCCC3)c2cn1. The molecule has 1 amide bonds.